The first-order valence-corrected chi connectivity index (χ1v) is 14.3. The van der Waals surface area contributed by atoms with Gasteiger partial charge in [0, 0.05) is 23.6 Å². The van der Waals surface area contributed by atoms with E-state index in [0.717, 1.165) is 34.4 Å². The fraction of sp³-hybridized carbons (Fsp3) is 0.387. The Morgan fingerprint density at radius 2 is 1.83 bits per heavy atom. The lowest BCUT2D eigenvalue weighted by molar-refractivity contribution is -0.0894. The monoisotopic (exact) mass is 570 g/mol. The predicted molar refractivity (Wildman–Crippen MR) is 156 cm³/mol. The number of ether oxygens (including phenoxy) is 1. The third-order valence-corrected chi connectivity index (χ3v) is 7.69. The number of rotatable bonds is 10. The predicted octanol–water partition coefficient (Wildman–Crippen LogP) is 3.94. The molecule has 0 radical (unpaired) electrons. The van der Waals surface area contributed by atoms with Gasteiger partial charge in [-0.05, 0) is 49.8 Å². The first-order valence-electron chi connectivity index (χ1n) is 14.3. The quantitative estimate of drug-likeness (QED) is 0.257. The van der Waals surface area contributed by atoms with Gasteiger partial charge in [0.25, 0.3) is 5.56 Å². The topological polar surface area (TPSA) is 141 Å². The van der Waals surface area contributed by atoms with Crippen LogP contribution in [0.4, 0.5) is 0 Å². The van der Waals surface area contributed by atoms with Crippen molar-refractivity contribution in [2.75, 3.05) is 6.61 Å². The Bertz CT molecular complexity index is 1820. The fourth-order valence-corrected chi connectivity index (χ4v) is 5.58. The summed E-state index contributed by atoms with van der Waals surface area (Å²) in [6, 6.07) is 15.7. The van der Waals surface area contributed by atoms with Crippen molar-refractivity contribution < 1.29 is 14.4 Å². The highest BCUT2D eigenvalue weighted by atomic mass is 16.5. The second kappa shape index (κ2) is 11.1. The summed E-state index contributed by atoms with van der Waals surface area (Å²) in [4.78, 5) is 32.7. The SMILES string of the molecule is CCCc1c(Cc2ccc(-c3ccccc3-c3noc(=O)[nH]3)cc2)c(=O)n([C@H]2C[C@@H](OCC(C)(C)O)C2)c2ncnn12. The fourth-order valence-electron chi connectivity index (χ4n) is 5.58. The maximum absolute atomic E-state index is 14.1. The molecule has 2 aromatic carbocycles. The van der Waals surface area contributed by atoms with Crippen LogP contribution in [0.5, 0.6) is 0 Å². The Morgan fingerprint density at radius 1 is 1.10 bits per heavy atom. The number of nitrogens with one attached hydrogen (secondary N) is 1. The number of H-pyrrole nitrogens is 1. The zero-order chi connectivity index (χ0) is 29.4. The molecule has 1 fully saturated rings. The molecule has 6 rings (SSSR count). The Hall–Kier alpha value is -4.35. The average molecular weight is 571 g/mol. The number of benzene rings is 2. The van der Waals surface area contributed by atoms with E-state index in [0.29, 0.717) is 42.8 Å². The van der Waals surface area contributed by atoms with Crippen molar-refractivity contribution in [2.45, 2.75) is 70.6 Å². The Labute approximate surface area is 241 Å². The molecule has 3 aromatic heterocycles. The van der Waals surface area contributed by atoms with Gasteiger partial charge >= 0.3 is 5.76 Å². The Balaban J connectivity index is 1.31. The molecule has 1 saturated carbocycles. The van der Waals surface area contributed by atoms with Crippen LogP contribution in [0.15, 0.2) is 69.0 Å². The molecule has 218 valence electrons. The van der Waals surface area contributed by atoms with Gasteiger partial charge in [-0.15, -0.1) is 0 Å². The Kier molecular flexibility index (Phi) is 7.38. The smallest absolute Gasteiger partial charge is 0.388 e. The highest BCUT2D eigenvalue weighted by Gasteiger charge is 2.35. The van der Waals surface area contributed by atoms with E-state index in [1.54, 1.807) is 18.4 Å². The third kappa shape index (κ3) is 5.45. The van der Waals surface area contributed by atoms with Crippen molar-refractivity contribution >= 4 is 5.78 Å². The summed E-state index contributed by atoms with van der Waals surface area (Å²) in [5, 5.41) is 18.4. The molecule has 0 saturated heterocycles. The molecular weight excluding hydrogens is 536 g/mol. The van der Waals surface area contributed by atoms with Gasteiger partial charge in [0.1, 0.15) is 6.33 Å². The van der Waals surface area contributed by atoms with E-state index < -0.39 is 11.4 Å². The van der Waals surface area contributed by atoms with Crippen molar-refractivity contribution in [3.05, 3.63) is 92.6 Å². The maximum atomic E-state index is 14.1. The summed E-state index contributed by atoms with van der Waals surface area (Å²) in [6.45, 7) is 5.77. The molecule has 11 nitrogen and oxygen atoms in total. The van der Waals surface area contributed by atoms with Crippen LogP contribution < -0.4 is 11.3 Å². The lowest BCUT2D eigenvalue weighted by Gasteiger charge is -2.37. The summed E-state index contributed by atoms with van der Waals surface area (Å²) in [5.74, 6) is 0.317. The van der Waals surface area contributed by atoms with Gasteiger partial charge in [0.2, 0.25) is 5.78 Å². The van der Waals surface area contributed by atoms with Crippen LogP contribution in [0.2, 0.25) is 0 Å². The van der Waals surface area contributed by atoms with Crippen molar-refractivity contribution in [2.24, 2.45) is 0 Å². The molecule has 2 N–H and O–H groups in total. The summed E-state index contributed by atoms with van der Waals surface area (Å²) in [5.41, 5.74) is 4.24. The van der Waals surface area contributed by atoms with Gasteiger partial charge in [0.15, 0.2) is 5.82 Å². The average Bonchev–Trinajstić information content (AvgIpc) is 3.60. The van der Waals surface area contributed by atoms with E-state index in [2.05, 4.69) is 27.1 Å². The van der Waals surface area contributed by atoms with E-state index >= 15 is 0 Å². The molecule has 0 atom stereocenters. The van der Waals surface area contributed by atoms with E-state index in [1.807, 2.05) is 53.0 Å². The van der Waals surface area contributed by atoms with Gasteiger partial charge in [-0.3, -0.25) is 18.9 Å². The number of hydrogen-bond donors (Lipinski definition) is 2. The number of nitrogens with zero attached hydrogens (tertiary/aromatic N) is 5. The first kappa shape index (κ1) is 27.8. The molecule has 3 heterocycles. The van der Waals surface area contributed by atoms with Crippen LogP contribution in [0.1, 0.15) is 62.9 Å². The molecule has 0 aliphatic heterocycles. The number of aromatic nitrogens is 6. The summed E-state index contributed by atoms with van der Waals surface area (Å²) in [6.07, 6.45) is 4.86. The van der Waals surface area contributed by atoms with Gasteiger partial charge in [-0.2, -0.15) is 10.1 Å². The molecular formula is C31H34N6O5. The van der Waals surface area contributed by atoms with Crippen LogP contribution in [0.25, 0.3) is 28.3 Å². The maximum Gasteiger partial charge on any atom is 0.439 e. The molecule has 1 aliphatic carbocycles. The summed E-state index contributed by atoms with van der Waals surface area (Å²) in [7, 11) is 0. The molecule has 0 bridgehead atoms. The highest BCUT2D eigenvalue weighted by molar-refractivity contribution is 5.80. The molecule has 0 unspecified atom stereocenters. The number of fused-ring (bicyclic) bond motifs is 1. The van der Waals surface area contributed by atoms with E-state index in [9.17, 15) is 14.7 Å². The van der Waals surface area contributed by atoms with Crippen molar-refractivity contribution in [1.82, 2.24) is 29.3 Å². The number of aliphatic hydroxyl groups is 1. The minimum atomic E-state index is -0.899. The Morgan fingerprint density at radius 3 is 2.50 bits per heavy atom. The minimum absolute atomic E-state index is 0.0134. The molecule has 0 amide bonds. The lowest BCUT2D eigenvalue weighted by atomic mass is 9.88. The minimum Gasteiger partial charge on any atom is -0.388 e. The first-order chi connectivity index (χ1) is 20.2. The van der Waals surface area contributed by atoms with Crippen LogP contribution in [-0.4, -0.2) is 52.7 Å². The third-order valence-electron chi connectivity index (χ3n) is 7.69. The summed E-state index contributed by atoms with van der Waals surface area (Å²) < 4.78 is 14.2. The zero-order valence-electron chi connectivity index (χ0n) is 23.9. The van der Waals surface area contributed by atoms with Crippen molar-refractivity contribution in [1.29, 1.82) is 0 Å². The summed E-state index contributed by atoms with van der Waals surface area (Å²) >= 11 is 0. The van der Waals surface area contributed by atoms with Crippen molar-refractivity contribution in [3.63, 3.8) is 0 Å². The van der Waals surface area contributed by atoms with E-state index in [4.69, 9.17) is 9.26 Å². The van der Waals surface area contributed by atoms with Crippen LogP contribution >= 0.6 is 0 Å². The largest absolute Gasteiger partial charge is 0.439 e. The standard InChI is InChI=1S/C31H34N6O5/c1-4-7-26-25(28(38)36(29-32-18-33-37(26)29)21-15-22(16-21)41-17-31(2,3)40)14-19-10-12-20(13-11-19)23-8-5-6-9-24(23)27-34-30(39)42-35-27/h5-6,8-13,18,21-22,40H,4,7,14-17H2,1-3H3,(H,34,35,39)/t21-,22+. The number of aromatic amines is 1. The van der Waals surface area contributed by atoms with Gasteiger partial charge < -0.3 is 9.84 Å². The van der Waals surface area contributed by atoms with E-state index in [1.165, 1.54) is 6.33 Å². The second-order valence-electron chi connectivity index (χ2n) is 11.6. The second-order valence-corrected chi connectivity index (χ2v) is 11.6. The molecule has 5 aromatic rings. The number of hydrogen-bond acceptors (Lipinski definition) is 8. The van der Waals surface area contributed by atoms with Crippen LogP contribution in [0.3, 0.4) is 0 Å². The van der Waals surface area contributed by atoms with Gasteiger partial charge in [-0.25, -0.2) is 9.31 Å². The zero-order valence-corrected chi connectivity index (χ0v) is 23.9. The lowest BCUT2D eigenvalue weighted by Crippen LogP contribution is -2.42. The van der Waals surface area contributed by atoms with Crippen LogP contribution in [0, 0.1) is 0 Å². The van der Waals surface area contributed by atoms with Crippen LogP contribution in [-0.2, 0) is 17.6 Å². The van der Waals surface area contributed by atoms with Crippen molar-refractivity contribution in [3.8, 4) is 22.5 Å². The molecule has 0 spiro atoms. The molecule has 1 aliphatic rings. The van der Waals surface area contributed by atoms with E-state index in [-0.39, 0.29) is 24.3 Å². The number of aryl methyl sites for hydroxylation is 1. The van der Waals surface area contributed by atoms with Gasteiger partial charge in [-0.1, -0.05) is 67.0 Å². The molecule has 11 heteroatoms. The highest BCUT2D eigenvalue weighted by Crippen LogP contribution is 2.35. The van der Waals surface area contributed by atoms with Gasteiger partial charge in [0.05, 0.1) is 24.0 Å². The normalized spacial score (nSPS) is 17.0. The molecule has 42 heavy (non-hydrogen) atoms.